The third kappa shape index (κ3) is 3.34. The van der Waals surface area contributed by atoms with E-state index in [-0.39, 0.29) is 22.8 Å². The van der Waals surface area contributed by atoms with Gasteiger partial charge in [0.05, 0.1) is 35.7 Å². The first-order valence-electron chi connectivity index (χ1n) is 12.8. The highest BCUT2D eigenvalue weighted by Gasteiger charge is 2.55. The minimum atomic E-state index is -2.52. The Balaban J connectivity index is 1.25. The van der Waals surface area contributed by atoms with Crippen LogP contribution in [0.15, 0.2) is 35.4 Å². The van der Waals surface area contributed by atoms with Gasteiger partial charge in [-0.1, -0.05) is 0 Å². The average molecular weight is 469 g/mol. The van der Waals surface area contributed by atoms with E-state index in [1.54, 1.807) is 29.9 Å². The molecule has 0 aromatic carbocycles. The summed E-state index contributed by atoms with van der Waals surface area (Å²) in [4.78, 5) is 30.9. The Morgan fingerprint density at radius 3 is 2.91 bits per heavy atom. The SMILES string of the molecule is [2H]C([2H])([2H])O[C@H]1CC[C@@H]1NC(=O)c1cnn2c(NC)cc(Nc3cccn(C4[C@H]5COC[C@@H]45)c3=O)nc12. The molecule has 2 saturated carbocycles. The van der Waals surface area contributed by atoms with E-state index >= 15 is 0 Å². The fraction of sp³-hybridized carbons (Fsp3) is 0.478. The number of aromatic nitrogens is 4. The summed E-state index contributed by atoms with van der Waals surface area (Å²) in [6.45, 7) is 1.36. The van der Waals surface area contributed by atoms with Crippen LogP contribution in [0, 0.1) is 11.8 Å². The van der Waals surface area contributed by atoms with E-state index < -0.39 is 25.1 Å². The molecule has 1 saturated heterocycles. The Morgan fingerprint density at radius 1 is 1.32 bits per heavy atom. The molecule has 34 heavy (non-hydrogen) atoms. The molecule has 178 valence electrons. The summed E-state index contributed by atoms with van der Waals surface area (Å²) in [5.74, 6) is 1.25. The van der Waals surface area contributed by atoms with Crippen LogP contribution in [0.25, 0.3) is 5.65 Å². The molecule has 11 nitrogen and oxygen atoms in total. The zero-order valence-corrected chi connectivity index (χ0v) is 18.5. The summed E-state index contributed by atoms with van der Waals surface area (Å²) in [6.07, 6.45) is 3.80. The highest BCUT2D eigenvalue weighted by molar-refractivity contribution is 6.00. The van der Waals surface area contributed by atoms with Gasteiger partial charge in [-0.2, -0.15) is 9.61 Å². The maximum absolute atomic E-state index is 13.2. The van der Waals surface area contributed by atoms with E-state index in [4.69, 9.17) is 13.6 Å². The lowest BCUT2D eigenvalue weighted by molar-refractivity contribution is 0.00732. The van der Waals surface area contributed by atoms with Gasteiger partial charge in [-0.3, -0.25) is 9.59 Å². The number of amides is 1. The van der Waals surface area contributed by atoms with Crippen molar-refractivity contribution in [2.24, 2.45) is 11.8 Å². The third-order valence-electron chi connectivity index (χ3n) is 7.12. The van der Waals surface area contributed by atoms with E-state index in [9.17, 15) is 9.59 Å². The highest BCUT2D eigenvalue weighted by atomic mass is 16.5. The molecule has 1 amide bonds. The number of nitrogens with one attached hydrogen (secondary N) is 3. The number of carbonyl (C=O) groups is 1. The predicted octanol–water partition coefficient (Wildman–Crippen LogP) is 1.40. The fourth-order valence-corrected chi connectivity index (χ4v) is 4.99. The van der Waals surface area contributed by atoms with E-state index in [1.807, 2.05) is 6.07 Å². The van der Waals surface area contributed by atoms with Crippen molar-refractivity contribution in [1.29, 1.82) is 0 Å². The molecule has 1 aliphatic heterocycles. The van der Waals surface area contributed by atoms with Gasteiger partial charge in [0.15, 0.2) is 5.65 Å². The summed E-state index contributed by atoms with van der Waals surface area (Å²) in [5.41, 5.74) is 0.726. The van der Waals surface area contributed by atoms with Gasteiger partial charge in [-0.25, -0.2) is 4.98 Å². The van der Waals surface area contributed by atoms with Gasteiger partial charge < -0.3 is 30.0 Å². The second-order valence-electron chi connectivity index (χ2n) is 9.00. The number of hydrogen-bond donors (Lipinski definition) is 3. The van der Waals surface area contributed by atoms with Crippen molar-refractivity contribution >= 4 is 28.9 Å². The molecule has 3 fully saturated rings. The predicted molar refractivity (Wildman–Crippen MR) is 125 cm³/mol. The lowest BCUT2D eigenvalue weighted by Crippen LogP contribution is -2.51. The van der Waals surface area contributed by atoms with Crippen molar-refractivity contribution < 1.29 is 18.4 Å². The quantitative estimate of drug-likeness (QED) is 0.475. The Kier molecular flexibility index (Phi) is 4.28. The summed E-state index contributed by atoms with van der Waals surface area (Å²) in [5, 5.41) is 13.3. The zero-order chi connectivity index (χ0) is 25.9. The second kappa shape index (κ2) is 8.10. The number of rotatable bonds is 7. The molecule has 6 rings (SSSR count). The highest BCUT2D eigenvalue weighted by Crippen LogP contribution is 2.53. The van der Waals surface area contributed by atoms with Gasteiger partial charge in [-0.05, 0) is 25.0 Å². The van der Waals surface area contributed by atoms with Crippen molar-refractivity contribution in [2.45, 2.75) is 31.0 Å². The van der Waals surface area contributed by atoms with Crippen molar-refractivity contribution in [3.8, 4) is 0 Å². The summed E-state index contributed by atoms with van der Waals surface area (Å²) < 4.78 is 35.7. The Labute approximate surface area is 199 Å². The van der Waals surface area contributed by atoms with E-state index in [1.165, 1.54) is 10.7 Å². The summed E-state index contributed by atoms with van der Waals surface area (Å²) in [7, 11) is -0.807. The normalized spacial score (nSPS) is 28.9. The molecule has 3 aliphatic rings. The third-order valence-corrected chi connectivity index (χ3v) is 7.12. The van der Waals surface area contributed by atoms with Crippen LogP contribution in [0.4, 0.5) is 17.3 Å². The minimum absolute atomic E-state index is 0.147. The molecule has 3 N–H and O–H groups in total. The molecular weight excluding hydrogens is 438 g/mol. The van der Waals surface area contributed by atoms with Crippen molar-refractivity contribution in [3.63, 3.8) is 0 Å². The Bertz CT molecular complexity index is 1410. The number of nitrogens with zero attached hydrogens (tertiary/aromatic N) is 4. The van der Waals surface area contributed by atoms with Gasteiger partial charge in [-0.15, -0.1) is 0 Å². The van der Waals surface area contributed by atoms with Gasteiger partial charge in [0, 0.05) is 44.2 Å². The van der Waals surface area contributed by atoms with Gasteiger partial charge >= 0.3 is 0 Å². The number of pyridine rings is 1. The van der Waals surface area contributed by atoms with Crippen LogP contribution in [-0.4, -0.2) is 64.5 Å². The average Bonchev–Trinajstić information content (AvgIpc) is 3.17. The molecule has 0 bridgehead atoms. The van der Waals surface area contributed by atoms with E-state index in [2.05, 4.69) is 26.0 Å². The zero-order valence-electron chi connectivity index (χ0n) is 21.5. The van der Waals surface area contributed by atoms with Crippen LogP contribution in [0.2, 0.25) is 0 Å². The number of ether oxygens (including phenoxy) is 2. The molecule has 4 heterocycles. The van der Waals surface area contributed by atoms with Crippen LogP contribution in [0.1, 0.15) is 33.4 Å². The fourth-order valence-electron chi connectivity index (χ4n) is 4.99. The molecule has 11 heteroatoms. The van der Waals surface area contributed by atoms with E-state index in [0.29, 0.717) is 55.2 Å². The molecule has 1 unspecified atom stereocenters. The van der Waals surface area contributed by atoms with E-state index in [0.717, 1.165) is 0 Å². The first-order chi connectivity index (χ1) is 17.7. The molecule has 3 aromatic rings. The Hall–Kier alpha value is -3.44. The number of methoxy groups -OCH3 is 1. The topological polar surface area (TPSA) is 124 Å². The van der Waals surface area contributed by atoms with Gasteiger partial charge in [0.2, 0.25) is 0 Å². The minimum Gasteiger partial charge on any atom is -0.381 e. The van der Waals surface area contributed by atoms with Crippen molar-refractivity contribution in [2.75, 3.05) is 37.9 Å². The first kappa shape index (κ1) is 18.0. The van der Waals surface area contributed by atoms with Crippen molar-refractivity contribution in [1.82, 2.24) is 24.5 Å². The monoisotopic (exact) mass is 468 g/mol. The maximum atomic E-state index is 13.2. The smallest absolute Gasteiger partial charge is 0.274 e. The molecule has 0 spiro atoms. The lowest BCUT2D eigenvalue weighted by Gasteiger charge is -2.35. The number of anilines is 3. The molecular formula is C23H27N7O4. The first-order valence-corrected chi connectivity index (χ1v) is 11.3. The second-order valence-corrected chi connectivity index (χ2v) is 9.00. The van der Waals surface area contributed by atoms with Crippen LogP contribution in [0.3, 0.4) is 0 Å². The molecule has 5 atom stereocenters. The Morgan fingerprint density at radius 2 is 2.18 bits per heavy atom. The van der Waals surface area contributed by atoms with Gasteiger partial charge in [0.1, 0.15) is 22.9 Å². The standard InChI is InChI=1S/C23H27N7O4/c1-24-19-8-18(26-16-4-3-7-29(23(16)32)20-13-10-34-11-14(13)20)28-21-12(9-25-30(19)21)22(31)27-15-5-6-17(15)33-2/h3-4,7-9,13-15,17,20,24H,5-6,10-11H2,1-2H3,(H,26,28)(H,27,31)/t13-,14+,15-,17-,20?/m0/s1/i2D3. The number of hydrogen-bond acceptors (Lipinski definition) is 8. The molecule has 0 radical (unpaired) electrons. The number of fused-ring (bicyclic) bond motifs is 2. The van der Waals surface area contributed by atoms with Crippen LogP contribution in [-0.2, 0) is 9.47 Å². The van der Waals surface area contributed by atoms with Crippen LogP contribution in [0.5, 0.6) is 0 Å². The maximum Gasteiger partial charge on any atom is 0.274 e. The molecule has 3 aromatic heterocycles. The largest absolute Gasteiger partial charge is 0.381 e. The van der Waals surface area contributed by atoms with Crippen LogP contribution >= 0.6 is 0 Å². The summed E-state index contributed by atoms with van der Waals surface area (Å²) in [6, 6.07) is 4.96. The lowest BCUT2D eigenvalue weighted by atomic mass is 9.89. The molecule has 2 aliphatic carbocycles. The summed E-state index contributed by atoms with van der Waals surface area (Å²) >= 11 is 0. The number of carbonyl (C=O) groups excluding carboxylic acids is 1. The van der Waals surface area contributed by atoms with Crippen molar-refractivity contribution in [3.05, 3.63) is 46.5 Å². The van der Waals surface area contributed by atoms with Crippen LogP contribution < -0.4 is 21.5 Å². The van der Waals surface area contributed by atoms with Gasteiger partial charge in [0.25, 0.3) is 11.5 Å².